The second kappa shape index (κ2) is 30.2. The van der Waals surface area contributed by atoms with Crippen LogP contribution in [0.3, 0.4) is 0 Å². The minimum atomic E-state index is 0.228. The fraction of sp³-hybridized carbons (Fsp3) is 0.787. The predicted octanol–water partition coefficient (Wildman–Crippen LogP) is 8.48. The monoisotopic (exact) mass is 769 g/mol. The third-order valence-electron chi connectivity index (χ3n) is 11.4. The van der Waals surface area contributed by atoms with Gasteiger partial charge in [0.05, 0.1) is 13.2 Å². The first kappa shape index (κ1) is 49.2. The van der Waals surface area contributed by atoms with Gasteiger partial charge in [0.15, 0.2) is 0 Å². The maximum absolute atomic E-state index is 6.84. The van der Waals surface area contributed by atoms with E-state index in [1.165, 1.54) is 67.2 Å². The van der Waals surface area contributed by atoms with Crippen molar-refractivity contribution in [3.8, 4) is 11.5 Å². The van der Waals surface area contributed by atoms with E-state index in [2.05, 4.69) is 104 Å². The van der Waals surface area contributed by atoms with Gasteiger partial charge in [-0.05, 0) is 222 Å². The predicted molar refractivity (Wildman–Crippen MR) is 239 cm³/mol. The molecule has 0 unspecified atom stereocenters. The molecule has 1 aromatic carbocycles. The lowest BCUT2D eigenvalue weighted by molar-refractivity contribution is 0.251. The molecule has 1 aromatic rings. The lowest BCUT2D eigenvalue weighted by Gasteiger charge is -2.33. The number of nitrogens with one attached hydrogen (secondary N) is 2. The molecule has 0 radical (unpaired) electrons. The minimum absolute atomic E-state index is 0.228. The van der Waals surface area contributed by atoms with Crippen molar-refractivity contribution in [2.45, 2.75) is 117 Å². The van der Waals surface area contributed by atoms with Crippen LogP contribution in [-0.4, -0.2) is 141 Å². The van der Waals surface area contributed by atoms with Crippen molar-refractivity contribution in [3.63, 3.8) is 0 Å². The van der Waals surface area contributed by atoms with Crippen LogP contribution in [0.25, 0.3) is 0 Å². The van der Waals surface area contributed by atoms with Crippen molar-refractivity contribution in [2.24, 2.45) is 5.92 Å². The summed E-state index contributed by atoms with van der Waals surface area (Å²) in [4.78, 5) is 9.90. The largest absolute Gasteiger partial charge is 0.493 e. The van der Waals surface area contributed by atoms with Crippen LogP contribution >= 0.6 is 0 Å². The molecule has 8 heteroatoms. The summed E-state index contributed by atoms with van der Waals surface area (Å²) in [5.74, 6) is 2.70. The molecule has 1 aliphatic rings. The van der Waals surface area contributed by atoms with E-state index in [4.69, 9.17) is 9.47 Å². The summed E-state index contributed by atoms with van der Waals surface area (Å²) in [6.07, 6.45) is 18.7. The molecular weight excluding hydrogens is 681 g/mol. The van der Waals surface area contributed by atoms with E-state index in [-0.39, 0.29) is 5.92 Å². The quantitative estimate of drug-likeness (QED) is 0.0536. The highest BCUT2D eigenvalue weighted by atomic mass is 16.5. The van der Waals surface area contributed by atoms with Crippen molar-refractivity contribution < 1.29 is 9.47 Å². The second-order valence-corrected chi connectivity index (χ2v) is 16.9. The summed E-state index contributed by atoms with van der Waals surface area (Å²) in [7, 11) is 13.1. The molecular formula is C47H88N6O2. The van der Waals surface area contributed by atoms with Crippen LogP contribution in [0.1, 0.15) is 121 Å². The van der Waals surface area contributed by atoms with Crippen LogP contribution in [0.5, 0.6) is 11.5 Å². The van der Waals surface area contributed by atoms with Gasteiger partial charge in [0.2, 0.25) is 0 Å². The Morgan fingerprint density at radius 1 is 0.673 bits per heavy atom. The Bertz CT molecular complexity index is 1120. The number of unbranched alkanes of at least 4 members (excludes halogenated alkanes) is 4. The lowest BCUT2D eigenvalue weighted by Crippen LogP contribution is -2.28. The zero-order chi connectivity index (χ0) is 40.3. The summed E-state index contributed by atoms with van der Waals surface area (Å²) in [6.45, 7) is 24.0. The summed E-state index contributed by atoms with van der Waals surface area (Å²) >= 11 is 0. The smallest absolute Gasteiger partial charge is 0.127 e. The zero-order valence-corrected chi connectivity index (χ0v) is 37.6. The second-order valence-electron chi connectivity index (χ2n) is 16.9. The van der Waals surface area contributed by atoms with Crippen LogP contribution in [-0.2, 0) is 6.42 Å². The van der Waals surface area contributed by atoms with E-state index in [1.807, 2.05) is 14.1 Å². The molecule has 55 heavy (non-hydrogen) atoms. The lowest BCUT2D eigenvalue weighted by atomic mass is 9.73. The first-order valence-corrected chi connectivity index (χ1v) is 22.4. The van der Waals surface area contributed by atoms with Crippen molar-refractivity contribution >= 4 is 0 Å². The van der Waals surface area contributed by atoms with Crippen molar-refractivity contribution in [1.29, 1.82) is 0 Å². The molecule has 8 nitrogen and oxygen atoms in total. The van der Waals surface area contributed by atoms with E-state index in [1.54, 1.807) is 0 Å². The van der Waals surface area contributed by atoms with Gasteiger partial charge >= 0.3 is 0 Å². The van der Waals surface area contributed by atoms with E-state index in [9.17, 15) is 0 Å². The SMILES string of the molecule is C=C(C)[C@@H]1CCC(C)=C[C@H]1c1c(OCCCCN(C)CCCN(C)CCCNC)cc(CCCCC)cc1OCCCCN(C)CCCN(C)CCCNC. The molecule has 0 aliphatic heterocycles. The fourth-order valence-corrected chi connectivity index (χ4v) is 7.90. The summed E-state index contributed by atoms with van der Waals surface area (Å²) in [5.41, 5.74) is 5.32. The average Bonchev–Trinajstić information content (AvgIpc) is 3.14. The molecule has 2 N–H and O–H groups in total. The van der Waals surface area contributed by atoms with Crippen molar-refractivity contribution in [1.82, 2.24) is 30.2 Å². The van der Waals surface area contributed by atoms with Gasteiger partial charge in [-0.2, -0.15) is 0 Å². The number of aryl methyl sites for hydroxylation is 1. The van der Waals surface area contributed by atoms with Gasteiger partial charge < -0.3 is 39.7 Å². The van der Waals surface area contributed by atoms with Crippen LogP contribution < -0.4 is 20.1 Å². The fourth-order valence-electron chi connectivity index (χ4n) is 7.90. The van der Waals surface area contributed by atoms with Crippen LogP contribution in [0.2, 0.25) is 0 Å². The number of rotatable bonds is 34. The molecule has 0 heterocycles. The Kier molecular flexibility index (Phi) is 27.0. The van der Waals surface area contributed by atoms with E-state index < -0.39 is 0 Å². The molecule has 0 saturated heterocycles. The number of allylic oxidation sites excluding steroid dienone is 3. The molecule has 0 amide bonds. The van der Waals surface area contributed by atoms with E-state index >= 15 is 0 Å². The number of ether oxygens (including phenoxy) is 2. The Labute approximate surface area is 340 Å². The topological polar surface area (TPSA) is 55.5 Å². The van der Waals surface area contributed by atoms with Gasteiger partial charge in [0, 0.05) is 11.5 Å². The van der Waals surface area contributed by atoms with Gasteiger partial charge in [0.1, 0.15) is 11.5 Å². The van der Waals surface area contributed by atoms with Gasteiger partial charge in [-0.3, -0.25) is 0 Å². The first-order valence-electron chi connectivity index (χ1n) is 22.4. The normalized spacial score (nSPS) is 16.1. The third-order valence-corrected chi connectivity index (χ3v) is 11.4. The number of hydrogen-bond donors (Lipinski definition) is 2. The summed E-state index contributed by atoms with van der Waals surface area (Å²) < 4.78 is 13.7. The van der Waals surface area contributed by atoms with E-state index in [0.29, 0.717) is 5.92 Å². The summed E-state index contributed by atoms with van der Waals surface area (Å²) in [6, 6.07) is 4.72. The highest BCUT2D eigenvalue weighted by Crippen LogP contribution is 2.47. The molecule has 0 aromatic heterocycles. The Morgan fingerprint density at radius 2 is 1.13 bits per heavy atom. The Morgan fingerprint density at radius 3 is 1.56 bits per heavy atom. The van der Waals surface area contributed by atoms with Crippen molar-refractivity contribution in [3.05, 3.63) is 47.1 Å². The van der Waals surface area contributed by atoms with Crippen LogP contribution in [0.15, 0.2) is 35.9 Å². The van der Waals surface area contributed by atoms with Crippen LogP contribution in [0.4, 0.5) is 0 Å². The van der Waals surface area contributed by atoms with Gasteiger partial charge in [-0.15, -0.1) is 0 Å². The molecule has 0 bridgehead atoms. The third kappa shape index (κ3) is 21.4. The Hall–Kier alpha value is -1.94. The number of nitrogens with zero attached hydrogens (tertiary/aromatic N) is 4. The first-order chi connectivity index (χ1) is 26.6. The van der Waals surface area contributed by atoms with Crippen molar-refractivity contribution in [2.75, 3.05) is 121 Å². The molecule has 1 aliphatic carbocycles. The van der Waals surface area contributed by atoms with Crippen LogP contribution in [0, 0.1) is 5.92 Å². The zero-order valence-electron chi connectivity index (χ0n) is 37.6. The average molecular weight is 769 g/mol. The number of benzene rings is 1. The molecule has 2 rings (SSSR count). The van der Waals surface area contributed by atoms with Gasteiger partial charge in [0.25, 0.3) is 0 Å². The number of hydrogen-bond acceptors (Lipinski definition) is 8. The maximum atomic E-state index is 6.84. The molecule has 0 fully saturated rings. The van der Waals surface area contributed by atoms with Gasteiger partial charge in [-0.1, -0.05) is 43.6 Å². The highest BCUT2D eigenvalue weighted by molar-refractivity contribution is 5.53. The molecule has 0 saturated carbocycles. The molecule has 318 valence electrons. The molecule has 2 atom stereocenters. The standard InChI is InChI=1S/C47H88N6O2/c1-11-12-13-22-42-38-45(54-35-16-14-27-50(7)31-20-33-52(9)29-18-25-48-5)47(44-37-41(4)23-24-43(44)40(2)3)46(39-42)55-36-17-15-28-51(8)32-21-34-53(10)30-19-26-49-6/h37-39,43-44,48-49H,2,11-36H2,1,3-10H3/t43-,44+/m0/s1. The Balaban J connectivity index is 2.08. The highest BCUT2D eigenvalue weighted by Gasteiger charge is 2.31. The minimum Gasteiger partial charge on any atom is -0.493 e. The maximum Gasteiger partial charge on any atom is 0.127 e. The molecule has 0 spiro atoms. The van der Waals surface area contributed by atoms with E-state index in [0.717, 1.165) is 135 Å². The summed E-state index contributed by atoms with van der Waals surface area (Å²) in [5, 5.41) is 6.50. The van der Waals surface area contributed by atoms with Gasteiger partial charge in [-0.25, -0.2) is 0 Å².